The molecule has 0 radical (unpaired) electrons. The number of hydrogen-bond donors (Lipinski definition) is 0. The molecule has 3 heterocycles. The molecule has 9 aromatic carbocycles. The molecule has 0 spiro atoms. The Bertz CT molecular complexity index is 3710. The number of anilines is 1. The molecule has 0 saturated heterocycles. The summed E-state index contributed by atoms with van der Waals surface area (Å²) in [6.07, 6.45) is 15.5. The van der Waals surface area contributed by atoms with Crippen molar-refractivity contribution >= 4 is 51.8 Å². The van der Waals surface area contributed by atoms with E-state index in [1.807, 2.05) is 78.9 Å². The molecule has 0 atom stereocenters. The van der Waals surface area contributed by atoms with Gasteiger partial charge in [0.15, 0.2) is 37.0 Å². The van der Waals surface area contributed by atoms with Gasteiger partial charge < -0.3 is 29.2 Å². The van der Waals surface area contributed by atoms with Gasteiger partial charge >= 0.3 is 0 Å². The van der Waals surface area contributed by atoms with E-state index in [0.717, 1.165) is 55.2 Å². The van der Waals surface area contributed by atoms with Crippen molar-refractivity contribution in [1.29, 1.82) is 0 Å². The average molecular weight is 1000 g/mol. The molecule has 0 aliphatic carbocycles. The summed E-state index contributed by atoms with van der Waals surface area (Å²) in [6, 6.07) is 86.2. The van der Waals surface area contributed by atoms with Gasteiger partial charge in [-0.2, -0.15) is 9.13 Å². The lowest BCUT2D eigenvalue weighted by Crippen LogP contribution is -2.34. The number of nitrogens with zero attached hydrogens (tertiary/aromatic N) is 3. The number of para-hydroxylation sites is 4. The molecule has 0 saturated carbocycles. The first-order chi connectivity index (χ1) is 37.1. The van der Waals surface area contributed by atoms with Crippen molar-refractivity contribution in [2.24, 2.45) is 0 Å². The van der Waals surface area contributed by atoms with Gasteiger partial charge in [0.1, 0.15) is 11.5 Å². The highest BCUT2D eigenvalue weighted by molar-refractivity contribution is 5.90. The van der Waals surface area contributed by atoms with Crippen molar-refractivity contribution in [1.82, 2.24) is 0 Å². The third kappa shape index (κ3) is 13.3. The minimum absolute atomic E-state index is 0. The molecule has 77 heavy (non-hydrogen) atoms. The van der Waals surface area contributed by atoms with Gasteiger partial charge in [-0.3, -0.25) is 0 Å². The predicted molar refractivity (Wildman–Crippen MR) is 322 cm³/mol. The number of aromatic nitrogens is 2. The van der Waals surface area contributed by atoms with Gasteiger partial charge in [0.25, 0.3) is 0 Å². The molecule has 1 aliphatic heterocycles. The Morgan fingerprint density at radius 1 is 0.403 bits per heavy atom. The lowest BCUT2D eigenvalue weighted by Gasteiger charge is -2.31. The van der Waals surface area contributed by atoms with Crippen LogP contribution in [-0.2, 0) is 26.1 Å². The van der Waals surface area contributed by atoms with E-state index in [4.69, 9.17) is 9.47 Å². The van der Waals surface area contributed by atoms with Crippen LogP contribution in [0, 0.1) is 14.9 Å². The standard InChI is InChI=1S/C36H28NO2.C34H31N2.2CH3/c1-4-12-29(13-5-1)27-37-25-24-30(33-18-10-11-19-34(33)37)22-20-28-21-23-35(38-31-14-6-2-7-15-31)36(26-28)39-32-16-8-3-9-17-32;1-3-10-28(11-4-1)25-35-22-9-14-31-24-27(18-20-33(31)35)17-19-30-21-23-36(26-29-12-5-2-6-13-29)34-16-8-7-15-32(30)34;;/h1-26H,27H2;1-8,10-13,15-21,23-24H,9,14,22,25-26H2;2*1H3/q2*+1;2*-1. The minimum Gasteiger partial charge on any atom is -0.453 e. The van der Waals surface area contributed by atoms with Gasteiger partial charge in [-0.1, -0.05) is 188 Å². The summed E-state index contributed by atoms with van der Waals surface area (Å²) in [5.41, 5.74) is 13.9. The monoisotopic (exact) mass is 1000 g/mol. The van der Waals surface area contributed by atoms with Crippen molar-refractivity contribution in [2.75, 3.05) is 11.4 Å². The number of ether oxygens (including phenoxy) is 2. The summed E-state index contributed by atoms with van der Waals surface area (Å²) in [6.45, 7) is 3.79. The first-order valence-electron chi connectivity index (χ1n) is 25.9. The quantitative estimate of drug-likeness (QED) is 0.0803. The summed E-state index contributed by atoms with van der Waals surface area (Å²) in [4.78, 5) is 2.53. The van der Waals surface area contributed by atoms with Crippen molar-refractivity contribution in [3.05, 3.63) is 320 Å². The summed E-state index contributed by atoms with van der Waals surface area (Å²) < 4.78 is 17.1. The summed E-state index contributed by atoms with van der Waals surface area (Å²) in [5.74, 6) is 2.84. The van der Waals surface area contributed by atoms with Crippen LogP contribution in [0.15, 0.2) is 261 Å². The first kappa shape index (κ1) is 52.5. The van der Waals surface area contributed by atoms with E-state index in [2.05, 4.69) is 221 Å². The Kier molecular flexibility index (Phi) is 17.6. The zero-order chi connectivity index (χ0) is 50.4. The molecule has 0 unspecified atom stereocenters. The van der Waals surface area contributed by atoms with E-state index < -0.39 is 0 Å². The lowest BCUT2D eigenvalue weighted by molar-refractivity contribution is -0.662. The van der Waals surface area contributed by atoms with Crippen molar-refractivity contribution in [3.63, 3.8) is 0 Å². The van der Waals surface area contributed by atoms with Crippen LogP contribution < -0.4 is 23.5 Å². The Balaban J connectivity index is 0.000000183. The maximum Gasteiger partial charge on any atom is 0.213 e. The first-order valence-corrected chi connectivity index (χ1v) is 25.9. The van der Waals surface area contributed by atoms with Crippen molar-refractivity contribution < 1.29 is 18.6 Å². The maximum absolute atomic E-state index is 6.25. The SMILES string of the molecule is C(=Cc1cc[n+](Cc2ccccc2)c2ccccc12)c1ccc(Oc2ccccc2)c(Oc2ccccc2)c1.C(=Cc1cc[n+](Cc2ccccc2)c2ccccc12)c1ccc2c(c1)CCCN2Cc1ccccc1.[CH3-].[CH3-]. The second-order valence-electron chi connectivity index (χ2n) is 18.9. The molecule has 0 amide bonds. The van der Waals surface area contributed by atoms with Gasteiger partial charge in [-0.25, -0.2) is 0 Å². The molecule has 0 N–H and O–H groups in total. The number of rotatable bonds is 14. The molecule has 12 rings (SSSR count). The third-order valence-corrected chi connectivity index (χ3v) is 13.7. The topological polar surface area (TPSA) is 29.5 Å². The van der Waals surface area contributed by atoms with Gasteiger partial charge in [0.2, 0.25) is 11.0 Å². The minimum atomic E-state index is 0. The molecule has 11 aromatic rings. The zero-order valence-electron chi connectivity index (χ0n) is 44.0. The van der Waals surface area contributed by atoms with Crippen molar-refractivity contribution in [3.8, 4) is 23.0 Å². The Morgan fingerprint density at radius 2 is 0.844 bits per heavy atom. The summed E-state index contributed by atoms with van der Waals surface area (Å²) in [5, 5.41) is 2.48. The molecular weight excluding hydrogens is 939 g/mol. The number of pyridine rings is 2. The summed E-state index contributed by atoms with van der Waals surface area (Å²) >= 11 is 0. The van der Waals surface area contributed by atoms with Gasteiger partial charge in [0.05, 0.1) is 10.8 Å². The Hall–Kier alpha value is -9.32. The lowest BCUT2D eigenvalue weighted by atomic mass is 9.98. The summed E-state index contributed by atoms with van der Waals surface area (Å²) in [7, 11) is 0. The van der Waals surface area contributed by atoms with Gasteiger partial charge in [0, 0.05) is 54.2 Å². The Labute approximate surface area is 455 Å². The largest absolute Gasteiger partial charge is 0.453 e. The molecule has 5 heteroatoms. The van der Waals surface area contributed by atoms with Crippen LogP contribution in [0.1, 0.15) is 50.9 Å². The zero-order valence-corrected chi connectivity index (χ0v) is 44.0. The number of aryl methyl sites for hydroxylation is 1. The number of fused-ring (bicyclic) bond motifs is 3. The molecular formula is C72H65N3O2. The fourth-order valence-corrected chi connectivity index (χ4v) is 9.91. The van der Waals surface area contributed by atoms with Gasteiger partial charge in [-0.15, -0.1) is 0 Å². The number of hydrogen-bond acceptors (Lipinski definition) is 3. The molecule has 5 nitrogen and oxygen atoms in total. The van der Waals surface area contributed by atoms with E-state index >= 15 is 0 Å². The maximum atomic E-state index is 6.25. The second-order valence-corrected chi connectivity index (χ2v) is 18.9. The molecule has 0 fully saturated rings. The van der Waals surface area contributed by atoms with Gasteiger partial charge in [-0.05, 0) is 107 Å². The van der Waals surface area contributed by atoms with E-state index in [1.165, 1.54) is 67.3 Å². The molecule has 0 bridgehead atoms. The highest BCUT2D eigenvalue weighted by Crippen LogP contribution is 2.37. The van der Waals surface area contributed by atoms with E-state index in [0.29, 0.717) is 11.5 Å². The van der Waals surface area contributed by atoms with Crippen LogP contribution in [0.2, 0.25) is 0 Å². The highest BCUT2D eigenvalue weighted by Gasteiger charge is 2.18. The smallest absolute Gasteiger partial charge is 0.213 e. The third-order valence-electron chi connectivity index (χ3n) is 13.7. The number of benzene rings is 9. The molecule has 380 valence electrons. The highest BCUT2D eigenvalue weighted by atomic mass is 16.5. The van der Waals surface area contributed by atoms with Crippen LogP contribution in [0.3, 0.4) is 0 Å². The molecule has 1 aliphatic rings. The van der Waals surface area contributed by atoms with E-state index in [1.54, 1.807) is 0 Å². The van der Waals surface area contributed by atoms with E-state index in [9.17, 15) is 0 Å². The molecule has 2 aromatic heterocycles. The van der Waals surface area contributed by atoms with Crippen LogP contribution in [-0.4, -0.2) is 6.54 Å². The fourth-order valence-electron chi connectivity index (χ4n) is 9.91. The van der Waals surface area contributed by atoms with Crippen LogP contribution >= 0.6 is 0 Å². The second kappa shape index (κ2) is 25.8. The normalized spacial score (nSPS) is 11.8. The van der Waals surface area contributed by atoms with Crippen LogP contribution in [0.4, 0.5) is 5.69 Å². The predicted octanol–water partition coefficient (Wildman–Crippen LogP) is 17.1. The van der Waals surface area contributed by atoms with E-state index in [-0.39, 0.29) is 14.9 Å². The fraction of sp³-hybridized carbons (Fsp3) is 0.0833. The average Bonchev–Trinajstić information content (AvgIpc) is 3.48. The Morgan fingerprint density at radius 3 is 1.38 bits per heavy atom. The van der Waals surface area contributed by atoms with Crippen LogP contribution in [0.25, 0.3) is 46.1 Å². The van der Waals surface area contributed by atoms with Crippen molar-refractivity contribution in [2.45, 2.75) is 32.5 Å². The van der Waals surface area contributed by atoms with Crippen LogP contribution in [0.5, 0.6) is 23.0 Å².